The van der Waals surface area contributed by atoms with Crippen molar-refractivity contribution < 1.29 is 9.32 Å². The molecule has 0 unspecified atom stereocenters. The number of carbonyl (C=O) groups is 1. The van der Waals surface area contributed by atoms with Gasteiger partial charge in [0, 0.05) is 6.04 Å². The molecule has 0 radical (unpaired) electrons. The molecule has 0 atom stereocenters. The van der Waals surface area contributed by atoms with Crippen molar-refractivity contribution in [1.29, 1.82) is 0 Å². The Morgan fingerprint density at radius 3 is 2.92 bits per heavy atom. The Kier molecular flexibility index (Phi) is 1.92. The Hall–Kier alpha value is -1.52. The lowest BCUT2D eigenvalue weighted by molar-refractivity contribution is 0.0880. The van der Waals surface area contributed by atoms with Gasteiger partial charge in [-0.05, 0) is 19.3 Å². The number of nitrogens with one attached hydrogen (secondary N) is 1. The summed E-state index contributed by atoms with van der Waals surface area (Å²) in [5.41, 5.74) is 5.75. The predicted octanol–water partition coefficient (Wildman–Crippen LogP) is 0.539. The molecular weight excluding hydrogens is 170 g/mol. The van der Waals surface area contributed by atoms with Crippen LogP contribution in [-0.2, 0) is 0 Å². The molecule has 3 N–H and O–H groups in total. The Morgan fingerprint density at radius 2 is 2.46 bits per heavy atom. The molecule has 1 aliphatic rings. The van der Waals surface area contributed by atoms with E-state index in [1.807, 2.05) is 0 Å². The van der Waals surface area contributed by atoms with Crippen LogP contribution < -0.4 is 11.1 Å². The highest BCUT2D eigenvalue weighted by Crippen LogP contribution is 2.19. The fourth-order valence-corrected chi connectivity index (χ4v) is 1.22. The van der Waals surface area contributed by atoms with Gasteiger partial charge < -0.3 is 15.6 Å². The molecule has 13 heavy (non-hydrogen) atoms. The average Bonchev–Trinajstić information content (AvgIpc) is 2.43. The smallest absolute Gasteiger partial charge is 0.292 e. The van der Waals surface area contributed by atoms with Crippen LogP contribution in [0.3, 0.4) is 0 Å². The second-order valence-electron chi connectivity index (χ2n) is 3.21. The first-order valence-corrected chi connectivity index (χ1v) is 4.28. The summed E-state index contributed by atoms with van der Waals surface area (Å²) in [7, 11) is 0. The van der Waals surface area contributed by atoms with E-state index in [1.165, 1.54) is 12.6 Å². The van der Waals surface area contributed by atoms with Gasteiger partial charge in [0.05, 0.1) is 6.20 Å². The largest absolute Gasteiger partial charge is 0.394 e. The van der Waals surface area contributed by atoms with E-state index in [0.29, 0.717) is 0 Å². The van der Waals surface area contributed by atoms with Crippen LogP contribution in [0.5, 0.6) is 0 Å². The summed E-state index contributed by atoms with van der Waals surface area (Å²) < 4.78 is 4.71. The van der Waals surface area contributed by atoms with Gasteiger partial charge in [0.15, 0.2) is 0 Å². The first-order valence-electron chi connectivity index (χ1n) is 4.28. The van der Waals surface area contributed by atoms with Crippen LogP contribution in [0.25, 0.3) is 0 Å². The molecular formula is C8H11N3O2. The van der Waals surface area contributed by atoms with Crippen molar-refractivity contribution in [2.75, 3.05) is 5.73 Å². The Balaban J connectivity index is 2.00. The summed E-state index contributed by atoms with van der Waals surface area (Å²) in [6.45, 7) is 0. The fourth-order valence-electron chi connectivity index (χ4n) is 1.22. The predicted molar refractivity (Wildman–Crippen MR) is 46.0 cm³/mol. The minimum Gasteiger partial charge on any atom is -0.394 e. The van der Waals surface area contributed by atoms with Crippen molar-refractivity contribution >= 4 is 11.6 Å². The molecule has 1 saturated carbocycles. The molecule has 1 amide bonds. The van der Waals surface area contributed by atoms with Crippen LogP contribution in [0.1, 0.15) is 29.8 Å². The van der Waals surface area contributed by atoms with Gasteiger partial charge in [-0.1, -0.05) is 5.16 Å². The van der Waals surface area contributed by atoms with Crippen LogP contribution in [0.15, 0.2) is 10.7 Å². The average molecular weight is 181 g/mol. The van der Waals surface area contributed by atoms with E-state index in [0.717, 1.165) is 12.8 Å². The fraction of sp³-hybridized carbons (Fsp3) is 0.500. The molecule has 5 heteroatoms. The number of hydrogen-bond donors (Lipinski definition) is 2. The quantitative estimate of drug-likeness (QED) is 0.697. The summed E-state index contributed by atoms with van der Waals surface area (Å²) in [5.74, 6) is -0.147. The van der Waals surface area contributed by atoms with Gasteiger partial charge >= 0.3 is 0 Å². The maximum absolute atomic E-state index is 11.4. The van der Waals surface area contributed by atoms with Crippen molar-refractivity contribution in [1.82, 2.24) is 10.5 Å². The zero-order valence-electron chi connectivity index (χ0n) is 7.12. The molecule has 2 rings (SSSR count). The standard InChI is InChI=1S/C8H11N3O2/c9-6-4-10-13-7(6)8(12)11-5-2-1-3-5/h4-5H,1-3,9H2,(H,11,12). The summed E-state index contributed by atoms with van der Waals surface area (Å²) in [6, 6.07) is 0.289. The van der Waals surface area contributed by atoms with Gasteiger partial charge in [0.25, 0.3) is 5.91 Å². The number of rotatable bonds is 2. The highest BCUT2D eigenvalue weighted by molar-refractivity contribution is 5.96. The third-order valence-electron chi connectivity index (χ3n) is 2.24. The van der Waals surface area contributed by atoms with Gasteiger partial charge in [-0.3, -0.25) is 4.79 Å². The molecule has 1 aromatic heterocycles. The highest BCUT2D eigenvalue weighted by Gasteiger charge is 2.23. The second kappa shape index (κ2) is 3.08. The first kappa shape index (κ1) is 8.10. The third kappa shape index (κ3) is 1.49. The lowest BCUT2D eigenvalue weighted by Gasteiger charge is -2.25. The van der Waals surface area contributed by atoms with Crippen molar-refractivity contribution in [2.24, 2.45) is 0 Å². The molecule has 1 fully saturated rings. The Bertz CT molecular complexity index is 317. The van der Waals surface area contributed by atoms with Crippen LogP contribution in [0.2, 0.25) is 0 Å². The Morgan fingerprint density at radius 1 is 1.69 bits per heavy atom. The van der Waals surface area contributed by atoms with E-state index in [4.69, 9.17) is 10.3 Å². The second-order valence-corrected chi connectivity index (χ2v) is 3.21. The zero-order valence-corrected chi connectivity index (χ0v) is 7.12. The van der Waals surface area contributed by atoms with E-state index >= 15 is 0 Å². The number of nitrogens with zero attached hydrogens (tertiary/aromatic N) is 1. The van der Waals surface area contributed by atoms with E-state index in [9.17, 15) is 4.79 Å². The number of hydrogen-bond acceptors (Lipinski definition) is 4. The number of anilines is 1. The van der Waals surface area contributed by atoms with Crippen LogP contribution in [0, 0.1) is 0 Å². The number of aromatic nitrogens is 1. The van der Waals surface area contributed by atoms with E-state index in [2.05, 4.69) is 10.5 Å². The summed E-state index contributed by atoms with van der Waals surface area (Å²) in [5, 5.41) is 6.24. The molecule has 0 aliphatic heterocycles. The Labute approximate surface area is 75.3 Å². The van der Waals surface area contributed by atoms with E-state index in [-0.39, 0.29) is 23.4 Å². The van der Waals surface area contributed by atoms with Crippen LogP contribution in [-0.4, -0.2) is 17.1 Å². The van der Waals surface area contributed by atoms with E-state index < -0.39 is 0 Å². The number of nitrogen functional groups attached to an aromatic ring is 1. The van der Waals surface area contributed by atoms with Crippen LogP contribution in [0.4, 0.5) is 5.69 Å². The molecule has 0 aromatic carbocycles. The summed E-state index contributed by atoms with van der Waals surface area (Å²) in [6.07, 6.45) is 4.59. The van der Waals surface area contributed by atoms with Gasteiger partial charge in [-0.15, -0.1) is 0 Å². The zero-order chi connectivity index (χ0) is 9.26. The monoisotopic (exact) mass is 181 g/mol. The molecule has 1 heterocycles. The van der Waals surface area contributed by atoms with Crippen molar-refractivity contribution in [3.63, 3.8) is 0 Å². The van der Waals surface area contributed by atoms with Crippen LogP contribution >= 0.6 is 0 Å². The summed E-state index contributed by atoms with van der Waals surface area (Å²) in [4.78, 5) is 11.4. The molecule has 0 bridgehead atoms. The molecule has 1 aliphatic carbocycles. The highest BCUT2D eigenvalue weighted by atomic mass is 16.5. The number of amides is 1. The first-order chi connectivity index (χ1) is 6.27. The maximum Gasteiger partial charge on any atom is 0.292 e. The van der Waals surface area contributed by atoms with Crippen molar-refractivity contribution in [2.45, 2.75) is 25.3 Å². The minimum absolute atomic E-state index is 0.117. The van der Waals surface area contributed by atoms with E-state index in [1.54, 1.807) is 0 Å². The maximum atomic E-state index is 11.4. The van der Waals surface area contributed by atoms with Crippen molar-refractivity contribution in [3.05, 3.63) is 12.0 Å². The van der Waals surface area contributed by atoms with Gasteiger partial charge in [-0.2, -0.15) is 0 Å². The molecule has 0 spiro atoms. The third-order valence-corrected chi connectivity index (χ3v) is 2.24. The molecule has 70 valence electrons. The topological polar surface area (TPSA) is 81.2 Å². The van der Waals surface area contributed by atoms with Gasteiger partial charge in [0.2, 0.25) is 5.76 Å². The number of nitrogens with two attached hydrogens (primary N) is 1. The molecule has 5 nitrogen and oxygen atoms in total. The SMILES string of the molecule is Nc1cnoc1C(=O)NC1CCC1. The summed E-state index contributed by atoms with van der Waals surface area (Å²) >= 11 is 0. The number of carbonyl (C=O) groups excluding carboxylic acids is 1. The van der Waals surface area contributed by atoms with Gasteiger partial charge in [-0.25, -0.2) is 0 Å². The molecule has 1 aromatic rings. The lowest BCUT2D eigenvalue weighted by atomic mass is 9.93. The minimum atomic E-state index is -0.264. The van der Waals surface area contributed by atoms with Crippen molar-refractivity contribution in [3.8, 4) is 0 Å². The molecule has 0 saturated heterocycles. The lowest BCUT2D eigenvalue weighted by Crippen LogP contribution is -2.39. The normalized spacial score (nSPS) is 16.6. The van der Waals surface area contributed by atoms with Gasteiger partial charge in [0.1, 0.15) is 5.69 Å².